The summed E-state index contributed by atoms with van der Waals surface area (Å²) in [5.41, 5.74) is 16.1. The van der Waals surface area contributed by atoms with Gasteiger partial charge in [-0.1, -0.05) is 38.5 Å². The van der Waals surface area contributed by atoms with E-state index in [1.165, 1.54) is 37.7 Å². The maximum Gasteiger partial charge on any atom is 0.126 e. The van der Waals surface area contributed by atoms with Gasteiger partial charge in [-0.05, 0) is 41.9 Å². The Bertz CT molecular complexity index is 643. The van der Waals surface area contributed by atoms with Crippen LogP contribution in [0.3, 0.4) is 0 Å². The second-order valence-corrected chi connectivity index (χ2v) is 6.49. The average Bonchev–Trinajstić information content (AvgIpc) is 3.05. The summed E-state index contributed by atoms with van der Waals surface area (Å²) in [6.07, 6.45) is 13.2. The summed E-state index contributed by atoms with van der Waals surface area (Å²) in [4.78, 5) is 4.29. The summed E-state index contributed by atoms with van der Waals surface area (Å²) in [7, 11) is 0. The summed E-state index contributed by atoms with van der Waals surface area (Å²) >= 11 is 1.70. The van der Waals surface area contributed by atoms with Crippen molar-refractivity contribution in [3.63, 3.8) is 0 Å². The summed E-state index contributed by atoms with van der Waals surface area (Å²) < 4.78 is 0. The van der Waals surface area contributed by atoms with Crippen LogP contribution in [0, 0.1) is 0 Å². The van der Waals surface area contributed by atoms with E-state index < -0.39 is 0 Å². The first-order chi connectivity index (χ1) is 11.2. The molecule has 4 N–H and O–H groups in total. The Labute approximate surface area is 142 Å². The van der Waals surface area contributed by atoms with Crippen molar-refractivity contribution in [2.24, 2.45) is 16.5 Å². The van der Waals surface area contributed by atoms with Crippen LogP contribution in [-0.4, -0.2) is 5.84 Å². The van der Waals surface area contributed by atoms with Crippen LogP contribution in [0.1, 0.15) is 49.1 Å². The summed E-state index contributed by atoms with van der Waals surface area (Å²) in [6, 6.07) is 0. The van der Waals surface area contributed by atoms with E-state index in [0.717, 1.165) is 5.56 Å². The fourth-order valence-corrected chi connectivity index (χ4v) is 3.90. The van der Waals surface area contributed by atoms with Crippen LogP contribution in [0.5, 0.6) is 0 Å². The monoisotopic (exact) mass is 327 g/mol. The van der Waals surface area contributed by atoms with Crippen molar-refractivity contribution in [2.45, 2.75) is 38.0 Å². The predicted octanol–water partition coefficient (Wildman–Crippen LogP) is 4.71. The SMILES string of the molecule is C=C/C=C(C=C)/N=C(N)/C=C(\N)c1cscc1C1CCCCC1. The molecule has 0 amide bonds. The fourth-order valence-electron chi connectivity index (χ4n) is 2.96. The number of hydrogen-bond donors (Lipinski definition) is 2. The second-order valence-electron chi connectivity index (χ2n) is 5.74. The maximum atomic E-state index is 6.28. The number of aliphatic imine (C=N–C) groups is 1. The highest BCUT2D eigenvalue weighted by atomic mass is 32.1. The van der Waals surface area contributed by atoms with Crippen LogP contribution in [0.25, 0.3) is 5.70 Å². The number of allylic oxidation sites excluding steroid dienone is 3. The van der Waals surface area contributed by atoms with Crippen molar-refractivity contribution in [2.75, 3.05) is 0 Å². The highest BCUT2D eigenvalue weighted by molar-refractivity contribution is 7.08. The topological polar surface area (TPSA) is 64.4 Å². The van der Waals surface area contributed by atoms with Gasteiger partial charge in [0.2, 0.25) is 0 Å². The molecule has 0 aromatic carbocycles. The van der Waals surface area contributed by atoms with E-state index in [2.05, 4.69) is 28.9 Å². The average molecular weight is 327 g/mol. The number of nitrogens with two attached hydrogens (primary N) is 2. The van der Waals surface area contributed by atoms with Crippen molar-refractivity contribution in [1.29, 1.82) is 0 Å². The minimum Gasteiger partial charge on any atom is -0.398 e. The lowest BCUT2D eigenvalue weighted by atomic mass is 9.83. The lowest BCUT2D eigenvalue weighted by molar-refractivity contribution is 0.444. The minimum atomic E-state index is 0.372. The van der Waals surface area contributed by atoms with Crippen molar-refractivity contribution < 1.29 is 0 Å². The summed E-state index contributed by atoms with van der Waals surface area (Å²) in [5, 5.41) is 4.34. The summed E-state index contributed by atoms with van der Waals surface area (Å²) in [5.74, 6) is 0.996. The molecule has 0 saturated heterocycles. The van der Waals surface area contributed by atoms with Gasteiger partial charge in [0.25, 0.3) is 0 Å². The van der Waals surface area contributed by atoms with Crippen LogP contribution in [-0.2, 0) is 0 Å². The van der Waals surface area contributed by atoms with Gasteiger partial charge in [0.05, 0.1) is 5.70 Å². The normalized spacial score (nSPS) is 18.0. The van der Waals surface area contributed by atoms with Crippen molar-refractivity contribution in [3.8, 4) is 0 Å². The van der Waals surface area contributed by atoms with Crippen molar-refractivity contribution >= 4 is 22.9 Å². The van der Waals surface area contributed by atoms with Gasteiger partial charge in [-0.3, -0.25) is 0 Å². The molecule has 1 aliphatic rings. The zero-order valence-corrected chi connectivity index (χ0v) is 14.3. The number of rotatable bonds is 6. The molecule has 4 heteroatoms. The Hall–Kier alpha value is -2.07. The van der Waals surface area contributed by atoms with Gasteiger partial charge in [-0.15, -0.1) is 0 Å². The van der Waals surface area contributed by atoms with Gasteiger partial charge in [0, 0.05) is 22.7 Å². The van der Waals surface area contributed by atoms with E-state index in [1.807, 2.05) is 0 Å². The van der Waals surface area contributed by atoms with Gasteiger partial charge in [-0.25, -0.2) is 4.99 Å². The van der Waals surface area contributed by atoms with Crippen LogP contribution in [0.15, 0.2) is 58.9 Å². The molecule has 1 aliphatic carbocycles. The van der Waals surface area contributed by atoms with E-state index in [4.69, 9.17) is 11.5 Å². The fraction of sp³-hybridized carbons (Fsp3) is 0.316. The third-order valence-corrected chi connectivity index (χ3v) is 4.87. The standard InChI is InChI=1S/C19H25N3S/c1-3-8-15(4-2)22-19(21)11-18(20)17-13-23-12-16(17)14-9-6-5-7-10-14/h3-4,8,11-14H,1-2,5-7,9-10,20H2,(H2,21,22)/b15-8+,18-11-. The molecule has 1 aromatic heterocycles. The molecule has 2 rings (SSSR count). The lowest BCUT2D eigenvalue weighted by Crippen LogP contribution is -2.13. The first-order valence-corrected chi connectivity index (χ1v) is 8.93. The van der Waals surface area contributed by atoms with E-state index in [9.17, 15) is 0 Å². The zero-order valence-electron chi connectivity index (χ0n) is 13.5. The molecule has 23 heavy (non-hydrogen) atoms. The number of amidine groups is 1. The third kappa shape index (κ3) is 4.70. The Morgan fingerprint density at radius 1 is 1.17 bits per heavy atom. The molecule has 1 saturated carbocycles. The van der Waals surface area contributed by atoms with Gasteiger partial charge in [-0.2, -0.15) is 11.3 Å². The van der Waals surface area contributed by atoms with Gasteiger partial charge in [0.15, 0.2) is 0 Å². The Morgan fingerprint density at radius 3 is 2.57 bits per heavy atom. The number of hydrogen-bond acceptors (Lipinski definition) is 3. The molecule has 3 nitrogen and oxygen atoms in total. The number of nitrogens with zero attached hydrogens (tertiary/aromatic N) is 1. The Morgan fingerprint density at radius 2 is 1.91 bits per heavy atom. The van der Waals surface area contributed by atoms with Gasteiger partial charge in [0.1, 0.15) is 5.84 Å². The van der Waals surface area contributed by atoms with Crippen LogP contribution in [0.4, 0.5) is 0 Å². The number of thiophene rings is 1. The Balaban J connectivity index is 2.23. The molecular weight excluding hydrogens is 302 g/mol. The minimum absolute atomic E-state index is 0.372. The second kappa shape index (κ2) is 8.53. The molecule has 0 bridgehead atoms. The molecule has 0 spiro atoms. The van der Waals surface area contributed by atoms with Crippen LogP contribution < -0.4 is 11.5 Å². The largest absolute Gasteiger partial charge is 0.398 e. The first kappa shape index (κ1) is 17.3. The van der Waals surface area contributed by atoms with Crippen molar-refractivity contribution in [3.05, 3.63) is 65.0 Å². The van der Waals surface area contributed by atoms with Gasteiger partial charge >= 0.3 is 0 Å². The Kier molecular flexibility index (Phi) is 6.41. The van der Waals surface area contributed by atoms with Gasteiger partial charge < -0.3 is 11.5 Å². The predicted molar refractivity (Wildman–Crippen MR) is 102 cm³/mol. The van der Waals surface area contributed by atoms with E-state index in [1.54, 1.807) is 35.6 Å². The maximum absolute atomic E-state index is 6.28. The van der Waals surface area contributed by atoms with Crippen LogP contribution in [0.2, 0.25) is 0 Å². The van der Waals surface area contributed by atoms with E-state index >= 15 is 0 Å². The van der Waals surface area contributed by atoms with E-state index in [0.29, 0.717) is 23.1 Å². The molecule has 0 aliphatic heterocycles. The molecule has 0 radical (unpaired) electrons. The molecule has 1 heterocycles. The summed E-state index contributed by atoms with van der Waals surface area (Å²) in [6.45, 7) is 7.36. The molecule has 0 atom stereocenters. The van der Waals surface area contributed by atoms with Crippen LogP contribution >= 0.6 is 11.3 Å². The quantitative estimate of drug-likeness (QED) is 0.451. The lowest BCUT2D eigenvalue weighted by Gasteiger charge is -2.22. The van der Waals surface area contributed by atoms with E-state index in [-0.39, 0.29) is 0 Å². The molecular formula is C19H25N3S. The smallest absolute Gasteiger partial charge is 0.126 e. The molecule has 122 valence electrons. The highest BCUT2D eigenvalue weighted by Gasteiger charge is 2.20. The first-order valence-electron chi connectivity index (χ1n) is 7.98. The highest BCUT2D eigenvalue weighted by Crippen LogP contribution is 2.37. The van der Waals surface area contributed by atoms with Crippen molar-refractivity contribution in [1.82, 2.24) is 0 Å². The zero-order chi connectivity index (χ0) is 16.7. The molecule has 1 aromatic rings. The molecule has 0 unspecified atom stereocenters. The third-order valence-electron chi connectivity index (χ3n) is 4.11. The molecule has 1 fully saturated rings.